The molecule has 0 saturated carbocycles. The SMILES string of the molecule is CCC(=O)Nc1ccc(SC)nc1. The van der Waals surface area contributed by atoms with Crippen LogP contribution in [0.1, 0.15) is 13.3 Å². The minimum absolute atomic E-state index is 0.0127. The molecule has 70 valence electrons. The molecular formula is C9H12N2OS. The summed E-state index contributed by atoms with van der Waals surface area (Å²) in [5.41, 5.74) is 0.754. The second-order valence-electron chi connectivity index (χ2n) is 2.49. The molecule has 0 aliphatic heterocycles. The van der Waals surface area contributed by atoms with Crippen LogP contribution >= 0.6 is 11.8 Å². The van der Waals surface area contributed by atoms with Gasteiger partial charge in [0.25, 0.3) is 0 Å². The van der Waals surface area contributed by atoms with E-state index in [0.29, 0.717) is 6.42 Å². The highest BCUT2D eigenvalue weighted by Crippen LogP contribution is 2.13. The third kappa shape index (κ3) is 3.06. The third-order valence-electron chi connectivity index (χ3n) is 1.55. The summed E-state index contributed by atoms with van der Waals surface area (Å²) in [6, 6.07) is 3.74. The summed E-state index contributed by atoms with van der Waals surface area (Å²) in [7, 11) is 0. The number of carbonyl (C=O) groups excluding carboxylic acids is 1. The van der Waals surface area contributed by atoms with Crippen LogP contribution in [0.2, 0.25) is 0 Å². The number of thioether (sulfide) groups is 1. The molecule has 0 aliphatic carbocycles. The third-order valence-corrected chi connectivity index (χ3v) is 2.21. The van der Waals surface area contributed by atoms with Crippen molar-refractivity contribution in [3.8, 4) is 0 Å². The number of carbonyl (C=O) groups is 1. The van der Waals surface area contributed by atoms with Crippen molar-refractivity contribution in [3.05, 3.63) is 18.3 Å². The van der Waals surface area contributed by atoms with E-state index in [9.17, 15) is 4.79 Å². The van der Waals surface area contributed by atoms with Gasteiger partial charge in [-0.25, -0.2) is 4.98 Å². The quantitative estimate of drug-likeness (QED) is 0.753. The summed E-state index contributed by atoms with van der Waals surface area (Å²) in [6.07, 6.45) is 4.12. The molecule has 0 fully saturated rings. The number of aromatic nitrogens is 1. The molecule has 0 bridgehead atoms. The van der Waals surface area contributed by atoms with E-state index < -0.39 is 0 Å². The molecule has 3 nitrogen and oxygen atoms in total. The van der Waals surface area contributed by atoms with Gasteiger partial charge in [0.2, 0.25) is 5.91 Å². The topological polar surface area (TPSA) is 42.0 Å². The van der Waals surface area contributed by atoms with Crippen molar-refractivity contribution in [1.82, 2.24) is 4.98 Å². The van der Waals surface area contributed by atoms with Crippen LogP contribution in [-0.4, -0.2) is 17.1 Å². The lowest BCUT2D eigenvalue weighted by atomic mass is 10.4. The van der Waals surface area contributed by atoms with Crippen LogP contribution < -0.4 is 5.32 Å². The molecule has 0 saturated heterocycles. The van der Waals surface area contributed by atoms with Gasteiger partial charge >= 0.3 is 0 Å². The molecule has 0 aliphatic rings. The summed E-state index contributed by atoms with van der Waals surface area (Å²) in [5, 5.41) is 3.69. The van der Waals surface area contributed by atoms with Crippen molar-refractivity contribution < 1.29 is 4.79 Å². The standard InChI is InChI=1S/C9H12N2OS/c1-3-8(12)11-7-4-5-9(13-2)10-6-7/h4-6H,3H2,1-2H3,(H,11,12). The van der Waals surface area contributed by atoms with E-state index in [4.69, 9.17) is 0 Å². The zero-order valence-corrected chi connectivity index (χ0v) is 8.52. The van der Waals surface area contributed by atoms with Crippen LogP contribution in [0, 0.1) is 0 Å². The minimum atomic E-state index is 0.0127. The number of anilines is 1. The number of rotatable bonds is 3. The Labute approximate surface area is 81.9 Å². The van der Waals surface area contributed by atoms with E-state index in [1.807, 2.05) is 25.3 Å². The van der Waals surface area contributed by atoms with Crippen molar-refractivity contribution in [2.24, 2.45) is 0 Å². The van der Waals surface area contributed by atoms with E-state index in [-0.39, 0.29) is 5.91 Å². The van der Waals surface area contributed by atoms with Gasteiger partial charge in [-0.05, 0) is 18.4 Å². The van der Waals surface area contributed by atoms with E-state index >= 15 is 0 Å². The van der Waals surface area contributed by atoms with Crippen LogP contribution in [-0.2, 0) is 4.79 Å². The van der Waals surface area contributed by atoms with Gasteiger partial charge in [0.15, 0.2) is 0 Å². The summed E-state index contributed by atoms with van der Waals surface area (Å²) in [5.74, 6) is 0.0127. The van der Waals surface area contributed by atoms with Crippen molar-refractivity contribution in [3.63, 3.8) is 0 Å². The molecule has 0 unspecified atom stereocenters. The Hall–Kier alpha value is -1.03. The first-order valence-electron chi connectivity index (χ1n) is 4.06. The smallest absolute Gasteiger partial charge is 0.224 e. The predicted octanol–water partition coefficient (Wildman–Crippen LogP) is 2.15. The molecule has 0 spiro atoms. The first kappa shape index (κ1) is 10.1. The van der Waals surface area contributed by atoms with Gasteiger partial charge in [0.1, 0.15) is 0 Å². The second-order valence-corrected chi connectivity index (χ2v) is 3.32. The fourth-order valence-electron chi connectivity index (χ4n) is 0.824. The normalized spacial score (nSPS) is 9.69. The first-order chi connectivity index (χ1) is 6.26. The van der Waals surface area contributed by atoms with Gasteiger partial charge in [0, 0.05) is 6.42 Å². The average Bonchev–Trinajstić information content (AvgIpc) is 2.19. The van der Waals surface area contributed by atoms with Gasteiger partial charge in [-0.15, -0.1) is 11.8 Å². The maximum Gasteiger partial charge on any atom is 0.224 e. The molecule has 1 amide bonds. The fraction of sp³-hybridized carbons (Fsp3) is 0.333. The maximum absolute atomic E-state index is 11.0. The van der Waals surface area contributed by atoms with Gasteiger partial charge < -0.3 is 5.32 Å². The highest BCUT2D eigenvalue weighted by molar-refractivity contribution is 7.98. The summed E-state index contributed by atoms with van der Waals surface area (Å²) in [6.45, 7) is 1.82. The Morgan fingerprint density at radius 1 is 1.62 bits per heavy atom. The first-order valence-corrected chi connectivity index (χ1v) is 5.28. The molecule has 1 aromatic rings. The fourth-order valence-corrected chi connectivity index (χ4v) is 1.19. The van der Waals surface area contributed by atoms with Crippen molar-refractivity contribution >= 4 is 23.4 Å². The highest BCUT2D eigenvalue weighted by atomic mass is 32.2. The zero-order chi connectivity index (χ0) is 9.68. The Balaban J connectivity index is 2.64. The van der Waals surface area contributed by atoms with Crippen LogP contribution in [0.3, 0.4) is 0 Å². The number of hydrogen-bond acceptors (Lipinski definition) is 3. The maximum atomic E-state index is 11.0. The summed E-state index contributed by atoms with van der Waals surface area (Å²) in [4.78, 5) is 15.1. The molecule has 0 aromatic carbocycles. The minimum Gasteiger partial charge on any atom is -0.325 e. The molecule has 0 atom stereocenters. The number of amides is 1. The highest BCUT2D eigenvalue weighted by Gasteiger charge is 1.98. The lowest BCUT2D eigenvalue weighted by Gasteiger charge is -2.02. The van der Waals surface area contributed by atoms with Crippen LogP contribution in [0.15, 0.2) is 23.4 Å². The van der Waals surface area contributed by atoms with Crippen molar-refractivity contribution in [1.29, 1.82) is 0 Å². The Bertz CT molecular complexity index is 284. The molecule has 1 aromatic heterocycles. The lowest BCUT2D eigenvalue weighted by molar-refractivity contribution is -0.115. The summed E-state index contributed by atoms with van der Waals surface area (Å²) >= 11 is 1.58. The molecule has 4 heteroatoms. The van der Waals surface area contributed by atoms with Crippen LogP contribution in [0.4, 0.5) is 5.69 Å². The van der Waals surface area contributed by atoms with Gasteiger partial charge in [-0.1, -0.05) is 6.92 Å². The number of nitrogens with one attached hydrogen (secondary N) is 1. The average molecular weight is 196 g/mol. The molecule has 1 rings (SSSR count). The van der Waals surface area contributed by atoms with Crippen molar-refractivity contribution in [2.75, 3.05) is 11.6 Å². The molecule has 1 heterocycles. The van der Waals surface area contributed by atoms with E-state index in [0.717, 1.165) is 10.7 Å². The van der Waals surface area contributed by atoms with Crippen molar-refractivity contribution in [2.45, 2.75) is 18.4 Å². The molecule has 13 heavy (non-hydrogen) atoms. The number of hydrogen-bond donors (Lipinski definition) is 1. The number of pyridine rings is 1. The van der Waals surface area contributed by atoms with Gasteiger partial charge in [0.05, 0.1) is 16.9 Å². The Morgan fingerprint density at radius 2 is 2.38 bits per heavy atom. The predicted molar refractivity (Wildman–Crippen MR) is 54.9 cm³/mol. The second kappa shape index (κ2) is 4.87. The Morgan fingerprint density at radius 3 is 2.85 bits per heavy atom. The molecule has 1 N–H and O–H groups in total. The van der Waals surface area contributed by atoms with Gasteiger partial charge in [-0.2, -0.15) is 0 Å². The molecular weight excluding hydrogens is 184 g/mol. The summed E-state index contributed by atoms with van der Waals surface area (Å²) < 4.78 is 0. The Kier molecular flexibility index (Phi) is 3.76. The van der Waals surface area contributed by atoms with Crippen LogP contribution in [0.25, 0.3) is 0 Å². The van der Waals surface area contributed by atoms with E-state index in [1.165, 1.54) is 0 Å². The zero-order valence-electron chi connectivity index (χ0n) is 7.70. The van der Waals surface area contributed by atoms with Crippen LogP contribution in [0.5, 0.6) is 0 Å². The lowest BCUT2D eigenvalue weighted by Crippen LogP contribution is -2.09. The van der Waals surface area contributed by atoms with E-state index in [1.54, 1.807) is 18.0 Å². The van der Waals surface area contributed by atoms with E-state index in [2.05, 4.69) is 10.3 Å². The monoisotopic (exact) mass is 196 g/mol. The molecule has 0 radical (unpaired) electrons. The number of nitrogens with zero attached hydrogens (tertiary/aromatic N) is 1. The largest absolute Gasteiger partial charge is 0.325 e. The van der Waals surface area contributed by atoms with Gasteiger partial charge in [-0.3, -0.25) is 4.79 Å².